The van der Waals surface area contributed by atoms with Crippen molar-refractivity contribution in [2.24, 2.45) is 0 Å². The molecule has 0 atom stereocenters. The Labute approximate surface area is 176 Å². The Hall–Kier alpha value is -2.43. The highest BCUT2D eigenvalue weighted by Gasteiger charge is 2.29. The van der Waals surface area contributed by atoms with Gasteiger partial charge in [0.15, 0.2) is 5.13 Å². The third-order valence-electron chi connectivity index (χ3n) is 4.81. The Morgan fingerprint density at radius 1 is 0.900 bits per heavy atom. The van der Waals surface area contributed by atoms with Gasteiger partial charge in [-0.1, -0.05) is 0 Å². The van der Waals surface area contributed by atoms with Crippen LogP contribution < -0.4 is 4.90 Å². The number of hydrogen-bond acceptors (Lipinski definition) is 5. The molecule has 0 spiro atoms. The molecule has 0 radical (unpaired) electrons. The van der Waals surface area contributed by atoms with E-state index in [-0.39, 0.29) is 18.0 Å². The van der Waals surface area contributed by atoms with Crippen LogP contribution in [0.15, 0.2) is 52.7 Å². The molecule has 0 saturated carbocycles. The van der Waals surface area contributed by atoms with Crippen LogP contribution in [0.3, 0.4) is 0 Å². The van der Waals surface area contributed by atoms with E-state index in [1.807, 2.05) is 10.3 Å². The van der Waals surface area contributed by atoms with Crippen molar-refractivity contribution in [3.8, 4) is 0 Å². The van der Waals surface area contributed by atoms with Crippen molar-refractivity contribution < 1.29 is 21.6 Å². The zero-order valence-electron chi connectivity index (χ0n) is 15.8. The van der Waals surface area contributed by atoms with Crippen molar-refractivity contribution in [2.45, 2.75) is 11.3 Å². The van der Waals surface area contributed by atoms with Crippen LogP contribution in [0.25, 0.3) is 0 Å². The van der Waals surface area contributed by atoms with Gasteiger partial charge >= 0.3 is 0 Å². The van der Waals surface area contributed by atoms with Crippen molar-refractivity contribution in [1.29, 1.82) is 0 Å². The van der Waals surface area contributed by atoms with Crippen LogP contribution in [0.4, 0.5) is 18.3 Å². The molecule has 0 bridgehead atoms. The first-order chi connectivity index (χ1) is 14.3. The fourth-order valence-corrected chi connectivity index (χ4v) is 5.62. The van der Waals surface area contributed by atoms with Crippen molar-refractivity contribution in [2.75, 3.05) is 31.1 Å². The van der Waals surface area contributed by atoms with Gasteiger partial charge in [0.05, 0.1) is 10.6 Å². The SMILES string of the molecule is O=S(=O)(c1ccc(F)cc1)N1CCN(c2nc(Cc3cc(F)cc(F)c3)cs2)CC1. The van der Waals surface area contributed by atoms with Crippen molar-refractivity contribution in [3.63, 3.8) is 0 Å². The quantitative estimate of drug-likeness (QED) is 0.592. The number of hydrogen-bond donors (Lipinski definition) is 0. The van der Waals surface area contributed by atoms with Gasteiger partial charge in [-0.15, -0.1) is 11.3 Å². The normalized spacial score (nSPS) is 15.5. The molecule has 1 fully saturated rings. The third-order valence-corrected chi connectivity index (χ3v) is 7.67. The van der Waals surface area contributed by atoms with Gasteiger partial charge in [0.1, 0.15) is 17.5 Å². The summed E-state index contributed by atoms with van der Waals surface area (Å²) in [4.78, 5) is 6.58. The van der Waals surface area contributed by atoms with Crippen LogP contribution in [-0.2, 0) is 16.4 Å². The van der Waals surface area contributed by atoms with Gasteiger partial charge in [0.25, 0.3) is 0 Å². The van der Waals surface area contributed by atoms with Gasteiger partial charge in [0, 0.05) is 44.0 Å². The maximum Gasteiger partial charge on any atom is 0.243 e. The molecule has 0 unspecified atom stereocenters. The number of thiazole rings is 1. The van der Waals surface area contributed by atoms with E-state index in [0.29, 0.717) is 30.8 Å². The lowest BCUT2D eigenvalue weighted by atomic mass is 10.1. The third kappa shape index (κ3) is 4.50. The van der Waals surface area contributed by atoms with E-state index in [0.717, 1.165) is 23.3 Å². The van der Waals surface area contributed by atoms with Crippen LogP contribution in [0.5, 0.6) is 0 Å². The molecule has 1 aliphatic heterocycles. The molecule has 10 heteroatoms. The minimum absolute atomic E-state index is 0.0659. The minimum atomic E-state index is -3.68. The summed E-state index contributed by atoms with van der Waals surface area (Å²) in [6.45, 7) is 1.48. The molecule has 4 rings (SSSR count). The summed E-state index contributed by atoms with van der Waals surface area (Å²) >= 11 is 1.41. The predicted octanol–water partition coefficient (Wildman–Crippen LogP) is 3.66. The Morgan fingerprint density at radius 2 is 1.53 bits per heavy atom. The van der Waals surface area contributed by atoms with Crippen LogP contribution in [-0.4, -0.2) is 43.9 Å². The monoisotopic (exact) mass is 453 g/mol. The zero-order chi connectivity index (χ0) is 21.3. The summed E-state index contributed by atoms with van der Waals surface area (Å²) in [5, 5.41) is 2.57. The lowest BCUT2D eigenvalue weighted by Gasteiger charge is -2.33. The number of sulfonamides is 1. The van der Waals surface area contributed by atoms with E-state index in [2.05, 4.69) is 4.98 Å². The summed E-state index contributed by atoms with van der Waals surface area (Å²) in [5.41, 5.74) is 1.20. The van der Waals surface area contributed by atoms with E-state index in [9.17, 15) is 21.6 Å². The average molecular weight is 454 g/mol. The van der Waals surface area contributed by atoms with Crippen LogP contribution in [0.2, 0.25) is 0 Å². The Kier molecular flexibility index (Phi) is 5.81. The first kappa shape index (κ1) is 20.8. The summed E-state index contributed by atoms with van der Waals surface area (Å²) < 4.78 is 66.6. The highest BCUT2D eigenvalue weighted by atomic mass is 32.2. The zero-order valence-corrected chi connectivity index (χ0v) is 17.4. The second-order valence-corrected chi connectivity index (χ2v) is 9.70. The lowest BCUT2D eigenvalue weighted by Crippen LogP contribution is -2.48. The molecule has 30 heavy (non-hydrogen) atoms. The summed E-state index contributed by atoms with van der Waals surface area (Å²) in [7, 11) is -3.68. The predicted molar refractivity (Wildman–Crippen MR) is 109 cm³/mol. The summed E-state index contributed by atoms with van der Waals surface area (Å²) in [6.07, 6.45) is 0.310. The topological polar surface area (TPSA) is 53.5 Å². The highest BCUT2D eigenvalue weighted by molar-refractivity contribution is 7.89. The molecule has 2 heterocycles. The van der Waals surface area contributed by atoms with Crippen molar-refractivity contribution >= 4 is 26.5 Å². The smallest absolute Gasteiger partial charge is 0.243 e. The number of nitrogens with zero attached hydrogens (tertiary/aromatic N) is 3. The molecule has 0 N–H and O–H groups in total. The molecule has 158 valence electrons. The largest absolute Gasteiger partial charge is 0.345 e. The van der Waals surface area contributed by atoms with Gasteiger partial charge in [0.2, 0.25) is 10.0 Å². The first-order valence-electron chi connectivity index (χ1n) is 9.21. The molecule has 2 aromatic carbocycles. The number of halogens is 3. The Morgan fingerprint density at radius 3 is 2.17 bits per heavy atom. The molecule has 5 nitrogen and oxygen atoms in total. The average Bonchev–Trinajstić information content (AvgIpc) is 3.16. The van der Waals surface area contributed by atoms with E-state index in [1.165, 1.54) is 39.9 Å². The molecule has 1 aliphatic rings. The summed E-state index contributed by atoms with van der Waals surface area (Å²) in [6, 6.07) is 8.17. The second-order valence-electron chi connectivity index (χ2n) is 6.92. The number of benzene rings is 2. The maximum absolute atomic E-state index is 13.4. The maximum atomic E-state index is 13.4. The van der Waals surface area contributed by atoms with Crippen LogP contribution in [0, 0.1) is 17.5 Å². The minimum Gasteiger partial charge on any atom is -0.345 e. The Balaban J connectivity index is 1.40. The first-order valence-corrected chi connectivity index (χ1v) is 11.5. The van der Waals surface area contributed by atoms with Crippen molar-refractivity contribution in [1.82, 2.24) is 9.29 Å². The molecule has 1 saturated heterocycles. The number of piperazine rings is 1. The van der Waals surface area contributed by atoms with E-state index < -0.39 is 27.5 Å². The lowest BCUT2D eigenvalue weighted by molar-refractivity contribution is 0.384. The van der Waals surface area contributed by atoms with Crippen LogP contribution in [0.1, 0.15) is 11.3 Å². The Bertz CT molecular complexity index is 1120. The number of rotatable bonds is 5. The fourth-order valence-electron chi connectivity index (χ4n) is 3.32. The number of anilines is 1. The van der Waals surface area contributed by atoms with Gasteiger partial charge in [-0.3, -0.25) is 0 Å². The van der Waals surface area contributed by atoms with Crippen LogP contribution >= 0.6 is 11.3 Å². The fraction of sp³-hybridized carbons (Fsp3) is 0.250. The van der Waals surface area contributed by atoms with Gasteiger partial charge < -0.3 is 4.90 Å². The van der Waals surface area contributed by atoms with Gasteiger partial charge in [-0.25, -0.2) is 26.6 Å². The highest BCUT2D eigenvalue weighted by Crippen LogP contribution is 2.25. The second kappa shape index (κ2) is 8.37. The number of aromatic nitrogens is 1. The molecule has 3 aromatic rings. The standard InChI is InChI=1S/C20H18F3N3O2S2/c21-15-1-3-19(4-2-15)30(27,28)26-7-5-25(6-8-26)20-24-18(13-29-20)11-14-9-16(22)12-17(23)10-14/h1-4,9-10,12-13H,5-8,11H2. The van der Waals surface area contributed by atoms with E-state index >= 15 is 0 Å². The van der Waals surface area contributed by atoms with Crippen molar-refractivity contribution in [3.05, 3.63) is 76.6 Å². The van der Waals surface area contributed by atoms with E-state index in [1.54, 1.807) is 0 Å². The molecular formula is C20H18F3N3O2S2. The molecule has 0 aliphatic carbocycles. The van der Waals surface area contributed by atoms with E-state index in [4.69, 9.17) is 0 Å². The summed E-state index contributed by atoms with van der Waals surface area (Å²) in [5.74, 6) is -1.74. The molecular weight excluding hydrogens is 435 g/mol. The molecule has 1 aromatic heterocycles. The molecule has 0 amide bonds. The van der Waals surface area contributed by atoms with Gasteiger partial charge in [-0.05, 0) is 42.0 Å². The van der Waals surface area contributed by atoms with Gasteiger partial charge in [-0.2, -0.15) is 4.31 Å².